The fourth-order valence-corrected chi connectivity index (χ4v) is 5.40. The standard InChI is InChI=1S/C27H33ClF2N3O2P/c1-6-8-17(13-15(2)3)33-16(4)32-27(5,14-22(33)34)19-9-7-10-21(23(19)28)31-26(35)18-11-12-20(29)25(36)24(18)30/h7,9-12,15,17,32H,4,6,8,13-14,36H2,1-3,5H3,(H,31,35). The van der Waals surface area contributed by atoms with Gasteiger partial charge in [-0.3, -0.25) is 14.5 Å². The maximum absolute atomic E-state index is 14.5. The number of rotatable bonds is 8. The van der Waals surface area contributed by atoms with Gasteiger partial charge in [0.25, 0.3) is 5.91 Å². The summed E-state index contributed by atoms with van der Waals surface area (Å²) in [5.74, 6) is -1.60. The number of nitrogens with one attached hydrogen (secondary N) is 2. The molecule has 2 N–H and O–H groups in total. The van der Waals surface area contributed by atoms with Crippen LogP contribution >= 0.6 is 20.8 Å². The van der Waals surface area contributed by atoms with Crippen molar-refractivity contribution in [3.8, 4) is 0 Å². The van der Waals surface area contributed by atoms with Crippen LogP contribution in [0, 0.1) is 17.6 Å². The van der Waals surface area contributed by atoms with Crippen molar-refractivity contribution in [2.24, 2.45) is 5.92 Å². The number of hydrogen-bond acceptors (Lipinski definition) is 3. The van der Waals surface area contributed by atoms with Crippen molar-refractivity contribution in [2.75, 3.05) is 5.32 Å². The first kappa shape index (κ1) is 28.1. The fourth-order valence-electron chi connectivity index (χ4n) is 4.77. The lowest BCUT2D eigenvalue weighted by Crippen LogP contribution is -2.56. The van der Waals surface area contributed by atoms with Gasteiger partial charge in [0.2, 0.25) is 5.91 Å². The number of anilines is 1. The van der Waals surface area contributed by atoms with E-state index >= 15 is 0 Å². The Kier molecular flexibility index (Phi) is 8.79. The van der Waals surface area contributed by atoms with Crippen molar-refractivity contribution in [1.29, 1.82) is 0 Å². The van der Waals surface area contributed by atoms with Crippen LogP contribution in [-0.2, 0) is 10.3 Å². The minimum atomic E-state index is -0.962. The monoisotopic (exact) mass is 535 g/mol. The normalized spacial score (nSPS) is 18.9. The van der Waals surface area contributed by atoms with E-state index in [4.69, 9.17) is 11.6 Å². The average molecular weight is 536 g/mol. The van der Waals surface area contributed by atoms with Gasteiger partial charge in [-0.05, 0) is 49.4 Å². The van der Waals surface area contributed by atoms with Crippen LogP contribution in [-0.4, -0.2) is 22.8 Å². The molecule has 0 saturated carbocycles. The number of amides is 2. The molecule has 3 unspecified atom stereocenters. The molecule has 3 rings (SSSR count). The Hall–Kier alpha value is -2.50. The molecule has 1 heterocycles. The highest BCUT2D eigenvalue weighted by atomic mass is 35.5. The quantitative estimate of drug-likeness (QED) is 0.402. The predicted octanol–water partition coefficient (Wildman–Crippen LogP) is 6.09. The Morgan fingerprint density at radius 3 is 2.61 bits per heavy atom. The first-order valence-corrected chi connectivity index (χ1v) is 13.0. The lowest BCUT2D eigenvalue weighted by atomic mass is 9.85. The van der Waals surface area contributed by atoms with Crippen LogP contribution in [0.15, 0.2) is 42.7 Å². The largest absolute Gasteiger partial charge is 0.362 e. The molecule has 0 radical (unpaired) electrons. The second kappa shape index (κ2) is 11.3. The van der Waals surface area contributed by atoms with E-state index in [2.05, 4.69) is 38.0 Å². The molecule has 2 amide bonds. The van der Waals surface area contributed by atoms with Crippen LogP contribution in [0.25, 0.3) is 0 Å². The average Bonchev–Trinajstić information content (AvgIpc) is 2.78. The number of halogens is 3. The highest BCUT2D eigenvalue weighted by Crippen LogP contribution is 2.40. The second-order valence-corrected chi connectivity index (χ2v) is 10.8. The van der Waals surface area contributed by atoms with Gasteiger partial charge < -0.3 is 10.6 Å². The van der Waals surface area contributed by atoms with Gasteiger partial charge in [-0.15, -0.1) is 0 Å². The maximum Gasteiger partial charge on any atom is 0.258 e. The molecular weight excluding hydrogens is 503 g/mol. The maximum atomic E-state index is 14.5. The summed E-state index contributed by atoms with van der Waals surface area (Å²) in [4.78, 5) is 27.9. The van der Waals surface area contributed by atoms with Crippen molar-refractivity contribution in [3.05, 3.63) is 70.5 Å². The summed E-state index contributed by atoms with van der Waals surface area (Å²) >= 11 is 6.71. The molecule has 194 valence electrons. The Labute approximate surface area is 218 Å². The molecule has 1 aliphatic heterocycles. The van der Waals surface area contributed by atoms with Crippen molar-refractivity contribution in [3.63, 3.8) is 0 Å². The van der Waals surface area contributed by atoms with E-state index in [1.807, 2.05) is 16.2 Å². The zero-order valence-corrected chi connectivity index (χ0v) is 23.0. The van der Waals surface area contributed by atoms with Crippen molar-refractivity contribution < 1.29 is 18.4 Å². The van der Waals surface area contributed by atoms with Gasteiger partial charge in [0.1, 0.15) is 17.5 Å². The highest BCUT2D eigenvalue weighted by Gasteiger charge is 2.42. The zero-order valence-electron chi connectivity index (χ0n) is 21.1. The second-order valence-electron chi connectivity index (χ2n) is 9.86. The summed E-state index contributed by atoms with van der Waals surface area (Å²) < 4.78 is 28.1. The summed E-state index contributed by atoms with van der Waals surface area (Å²) in [5.41, 5.74) is -0.333. The molecule has 9 heteroatoms. The van der Waals surface area contributed by atoms with Crippen LogP contribution in [0.1, 0.15) is 69.3 Å². The lowest BCUT2D eigenvalue weighted by Gasteiger charge is -2.46. The summed E-state index contributed by atoms with van der Waals surface area (Å²) in [6.45, 7) is 12.4. The SMILES string of the molecule is C=C1NC(C)(c2cccc(NC(=O)c3ccc(F)c(P)c3F)c2Cl)CC(=O)N1C(CCC)CC(C)C. The van der Waals surface area contributed by atoms with Gasteiger partial charge in [0, 0.05) is 11.3 Å². The lowest BCUT2D eigenvalue weighted by molar-refractivity contribution is -0.136. The molecular formula is C27H33ClF2N3O2P. The minimum absolute atomic E-state index is 0.0489. The molecule has 2 aromatic rings. The molecule has 1 fully saturated rings. The van der Waals surface area contributed by atoms with Gasteiger partial charge in [0.05, 0.1) is 28.2 Å². The summed E-state index contributed by atoms with van der Waals surface area (Å²) in [7, 11) is 1.95. The number of nitrogens with zero attached hydrogens (tertiary/aromatic N) is 1. The Morgan fingerprint density at radius 2 is 2.00 bits per heavy atom. The Balaban J connectivity index is 1.88. The van der Waals surface area contributed by atoms with Crippen LogP contribution in [0.2, 0.25) is 5.02 Å². The van der Waals surface area contributed by atoms with E-state index in [1.165, 1.54) is 0 Å². The molecule has 5 nitrogen and oxygen atoms in total. The molecule has 0 spiro atoms. The molecule has 36 heavy (non-hydrogen) atoms. The first-order valence-electron chi connectivity index (χ1n) is 12.0. The Morgan fingerprint density at radius 1 is 1.31 bits per heavy atom. The number of carbonyl (C=O) groups excluding carboxylic acids is 2. The van der Waals surface area contributed by atoms with E-state index in [-0.39, 0.29) is 39.9 Å². The molecule has 3 atom stereocenters. The highest BCUT2D eigenvalue weighted by molar-refractivity contribution is 7.27. The molecule has 0 bridgehead atoms. The van der Waals surface area contributed by atoms with Crippen LogP contribution < -0.4 is 15.9 Å². The first-order chi connectivity index (χ1) is 16.9. The molecule has 1 saturated heterocycles. The van der Waals surface area contributed by atoms with E-state index < -0.39 is 23.1 Å². The van der Waals surface area contributed by atoms with E-state index in [0.717, 1.165) is 31.4 Å². The number of hydrogen-bond donors (Lipinski definition) is 2. The van der Waals surface area contributed by atoms with Gasteiger partial charge in [-0.2, -0.15) is 0 Å². The van der Waals surface area contributed by atoms with Crippen molar-refractivity contribution >= 4 is 43.6 Å². The molecule has 0 aromatic heterocycles. The van der Waals surface area contributed by atoms with Crippen molar-refractivity contribution in [2.45, 2.75) is 65.0 Å². The molecule has 1 aliphatic rings. The molecule has 0 aliphatic carbocycles. The van der Waals surface area contributed by atoms with E-state index in [0.29, 0.717) is 17.3 Å². The van der Waals surface area contributed by atoms with Gasteiger partial charge >= 0.3 is 0 Å². The predicted molar refractivity (Wildman–Crippen MR) is 144 cm³/mol. The number of carbonyl (C=O) groups is 2. The van der Waals surface area contributed by atoms with E-state index in [1.54, 1.807) is 23.1 Å². The third-order valence-electron chi connectivity index (χ3n) is 6.43. The summed E-state index contributed by atoms with van der Waals surface area (Å²) in [6.07, 6.45) is 2.84. The van der Waals surface area contributed by atoms with Crippen LogP contribution in [0.5, 0.6) is 0 Å². The minimum Gasteiger partial charge on any atom is -0.362 e. The topological polar surface area (TPSA) is 61.4 Å². The van der Waals surface area contributed by atoms with E-state index in [9.17, 15) is 18.4 Å². The van der Waals surface area contributed by atoms with Crippen LogP contribution in [0.3, 0.4) is 0 Å². The van der Waals surface area contributed by atoms with Gasteiger partial charge in [-0.1, -0.05) is 66.7 Å². The smallest absolute Gasteiger partial charge is 0.258 e. The van der Waals surface area contributed by atoms with Crippen molar-refractivity contribution in [1.82, 2.24) is 10.2 Å². The van der Waals surface area contributed by atoms with Gasteiger partial charge in [0.15, 0.2) is 0 Å². The Bertz CT molecular complexity index is 1170. The summed E-state index contributed by atoms with van der Waals surface area (Å²) in [5, 5.41) is 5.90. The van der Waals surface area contributed by atoms with Gasteiger partial charge in [-0.25, -0.2) is 8.78 Å². The third-order valence-corrected chi connectivity index (χ3v) is 7.36. The molecule has 2 aromatic carbocycles. The fraction of sp³-hybridized carbons (Fsp3) is 0.407. The number of benzene rings is 2. The third kappa shape index (κ3) is 5.73. The van der Waals surface area contributed by atoms with Crippen LogP contribution in [0.4, 0.5) is 14.5 Å². The zero-order chi connectivity index (χ0) is 26.8. The summed E-state index contributed by atoms with van der Waals surface area (Å²) in [6, 6.07) is 7.22.